The Kier molecular flexibility index (Phi) is 3.81. The van der Waals surface area contributed by atoms with Gasteiger partial charge in [-0.15, -0.1) is 11.8 Å². The highest BCUT2D eigenvalue weighted by Gasteiger charge is 2.19. The largest absolute Gasteiger partial charge is 0.197 e. The molecular formula is C8H15NS. The second kappa shape index (κ2) is 3.88. The van der Waals surface area contributed by atoms with E-state index in [1.807, 2.05) is 13.8 Å². The van der Waals surface area contributed by atoms with Crippen molar-refractivity contribution in [3.05, 3.63) is 0 Å². The van der Waals surface area contributed by atoms with Gasteiger partial charge < -0.3 is 0 Å². The summed E-state index contributed by atoms with van der Waals surface area (Å²) in [5.74, 6) is 0. The van der Waals surface area contributed by atoms with Gasteiger partial charge in [-0.3, -0.25) is 0 Å². The van der Waals surface area contributed by atoms with Gasteiger partial charge in [-0.25, -0.2) is 0 Å². The van der Waals surface area contributed by atoms with Crippen molar-refractivity contribution in [3.63, 3.8) is 0 Å². The zero-order valence-electron chi connectivity index (χ0n) is 7.14. The van der Waals surface area contributed by atoms with Crippen LogP contribution in [-0.4, -0.2) is 10.00 Å². The van der Waals surface area contributed by atoms with Crippen molar-refractivity contribution in [1.82, 2.24) is 0 Å². The molecule has 0 aromatic heterocycles. The molecule has 0 aliphatic rings. The van der Waals surface area contributed by atoms with Crippen LogP contribution in [-0.2, 0) is 0 Å². The van der Waals surface area contributed by atoms with Gasteiger partial charge in [0.2, 0.25) is 0 Å². The van der Waals surface area contributed by atoms with Crippen molar-refractivity contribution in [2.75, 3.05) is 0 Å². The molecule has 0 saturated carbocycles. The number of hydrogen-bond acceptors (Lipinski definition) is 2. The molecule has 1 atom stereocenters. The molecule has 0 saturated heterocycles. The maximum atomic E-state index is 8.67. The van der Waals surface area contributed by atoms with Crippen LogP contribution < -0.4 is 0 Å². The summed E-state index contributed by atoms with van der Waals surface area (Å²) in [6, 6.07) is 2.27. The lowest BCUT2D eigenvalue weighted by molar-refractivity contribution is 0.856. The van der Waals surface area contributed by atoms with Gasteiger partial charge in [0, 0.05) is 5.25 Å². The number of hydrogen-bond donors (Lipinski definition) is 0. The highest BCUT2D eigenvalue weighted by Crippen LogP contribution is 2.28. The minimum atomic E-state index is -0.213. The molecule has 0 aliphatic heterocycles. The summed E-state index contributed by atoms with van der Waals surface area (Å²) in [7, 11) is 0. The Hall–Kier alpha value is -0.160. The van der Waals surface area contributed by atoms with E-state index in [9.17, 15) is 0 Å². The third kappa shape index (κ3) is 3.79. The fourth-order valence-electron chi connectivity index (χ4n) is 0.613. The van der Waals surface area contributed by atoms with Crippen molar-refractivity contribution in [2.45, 2.75) is 44.1 Å². The summed E-state index contributed by atoms with van der Waals surface area (Å²) in [6.45, 7) is 8.22. The normalized spacial score (nSPS) is 14.3. The summed E-state index contributed by atoms with van der Waals surface area (Å²) in [5, 5.41) is 9.26. The highest BCUT2D eigenvalue weighted by molar-refractivity contribution is 8.01. The smallest absolute Gasteiger partial charge is 0.0970 e. The molecule has 0 spiro atoms. The van der Waals surface area contributed by atoms with Gasteiger partial charge in [0.1, 0.15) is 0 Å². The van der Waals surface area contributed by atoms with Gasteiger partial charge in [-0.05, 0) is 20.3 Å². The molecule has 10 heavy (non-hydrogen) atoms. The number of thioether (sulfide) groups is 1. The van der Waals surface area contributed by atoms with E-state index in [1.165, 1.54) is 0 Å². The summed E-state index contributed by atoms with van der Waals surface area (Å²) >= 11 is 1.74. The van der Waals surface area contributed by atoms with E-state index < -0.39 is 0 Å². The zero-order valence-corrected chi connectivity index (χ0v) is 7.96. The lowest BCUT2D eigenvalue weighted by Crippen LogP contribution is -2.15. The van der Waals surface area contributed by atoms with Crippen LogP contribution in [0.2, 0.25) is 0 Å². The van der Waals surface area contributed by atoms with E-state index >= 15 is 0 Å². The van der Waals surface area contributed by atoms with E-state index in [-0.39, 0.29) is 4.75 Å². The number of nitrogens with zero attached hydrogens (tertiary/aromatic N) is 1. The summed E-state index contributed by atoms with van der Waals surface area (Å²) in [6.07, 6.45) is 1.13. The van der Waals surface area contributed by atoms with E-state index in [0.717, 1.165) is 6.42 Å². The topological polar surface area (TPSA) is 23.8 Å². The maximum Gasteiger partial charge on any atom is 0.0970 e. The van der Waals surface area contributed by atoms with E-state index in [0.29, 0.717) is 5.25 Å². The highest BCUT2D eigenvalue weighted by atomic mass is 32.2. The Morgan fingerprint density at radius 3 is 2.40 bits per heavy atom. The van der Waals surface area contributed by atoms with Crippen molar-refractivity contribution in [2.24, 2.45) is 0 Å². The van der Waals surface area contributed by atoms with E-state index in [1.54, 1.807) is 11.8 Å². The molecule has 1 nitrogen and oxygen atoms in total. The first-order valence-corrected chi connectivity index (χ1v) is 4.49. The van der Waals surface area contributed by atoms with E-state index in [2.05, 4.69) is 19.9 Å². The molecule has 58 valence electrons. The van der Waals surface area contributed by atoms with Crippen LogP contribution in [0.3, 0.4) is 0 Å². The summed E-state index contributed by atoms with van der Waals surface area (Å²) < 4.78 is -0.213. The molecule has 2 heteroatoms. The molecule has 0 heterocycles. The molecule has 0 amide bonds. The first-order valence-electron chi connectivity index (χ1n) is 3.61. The Morgan fingerprint density at radius 1 is 1.60 bits per heavy atom. The van der Waals surface area contributed by atoms with Crippen LogP contribution in [0.5, 0.6) is 0 Å². The molecule has 0 aliphatic carbocycles. The molecular weight excluding hydrogens is 142 g/mol. The molecule has 1 unspecified atom stereocenters. The SMILES string of the molecule is CCC(C)SC(C)(C)C#N. The summed E-state index contributed by atoms with van der Waals surface area (Å²) in [4.78, 5) is 0. The summed E-state index contributed by atoms with van der Waals surface area (Å²) in [5.41, 5.74) is 0. The van der Waals surface area contributed by atoms with Crippen LogP contribution in [0, 0.1) is 11.3 Å². The van der Waals surface area contributed by atoms with Gasteiger partial charge in [0.15, 0.2) is 0 Å². The molecule has 0 aromatic carbocycles. The van der Waals surface area contributed by atoms with Crippen molar-refractivity contribution in [1.29, 1.82) is 5.26 Å². The molecule has 0 radical (unpaired) electrons. The zero-order chi connectivity index (χ0) is 8.20. The van der Waals surface area contributed by atoms with Gasteiger partial charge in [0.05, 0.1) is 10.8 Å². The van der Waals surface area contributed by atoms with Crippen LogP contribution in [0.25, 0.3) is 0 Å². The third-order valence-corrected chi connectivity index (χ3v) is 2.76. The monoisotopic (exact) mass is 157 g/mol. The lowest BCUT2D eigenvalue weighted by atomic mass is 10.2. The Bertz CT molecular complexity index is 135. The molecule has 0 aromatic rings. The molecule has 0 rings (SSSR count). The van der Waals surface area contributed by atoms with Gasteiger partial charge >= 0.3 is 0 Å². The minimum absolute atomic E-state index is 0.213. The van der Waals surface area contributed by atoms with Crippen LogP contribution in [0.15, 0.2) is 0 Å². The average Bonchev–Trinajstić information content (AvgIpc) is 1.87. The van der Waals surface area contributed by atoms with Crippen molar-refractivity contribution >= 4 is 11.8 Å². The second-order valence-electron chi connectivity index (χ2n) is 2.96. The predicted molar refractivity (Wildman–Crippen MR) is 47.0 cm³/mol. The van der Waals surface area contributed by atoms with Crippen LogP contribution >= 0.6 is 11.8 Å². The standard InChI is InChI=1S/C8H15NS/c1-5-7(2)10-8(3,4)6-9/h7H,5H2,1-4H3. The fraction of sp³-hybridized carbons (Fsp3) is 0.875. The number of nitriles is 1. The quantitative estimate of drug-likeness (QED) is 0.629. The van der Waals surface area contributed by atoms with Gasteiger partial charge in [-0.2, -0.15) is 5.26 Å². The predicted octanol–water partition coefficient (Wildman–Crippen LogP) is 2.82. The average molecular weight is 157 g/mol. The molecule has 0 N–H and O–H groups in total. The first-order chi connectivity index (χ1) is 4.52. The Labute approximate surface area is 67.8 Å². The van der Waals surface area contributed by atoms with Gasteiger partial charge in [0.25, 0.3) is 0 Å². The van der Waals surface area contributed by atoms with Gasteiger partial charge in [-0.1, -0.05) is 13.8 Å². The molecule has 0 bridgehead atoms. The Balaban J connectivity index is 3.79. The van der Waals surface area contributed by atoms with Crippen molar-refractivity contribution in [3.8, 4) is 6.07 Å². The number of rotatable bonds is 3. The van der Waals surface area contributed by atoms with E-state index in [4.69, 9.17) is 5.26 Å². The van der Waals surface area contributed by atoms with Crippen LogP contribution in [0.1, 0.15) is 34.1 Å². The third-order valence-electron chi connectivity index (χ3n) is 1.34. The first kappa shape index (κ1) is 9.84. The minimum Gasteiger partial charge on any atom is -0.197 e. The van der Waals surface area contributed by atoms with Crippen LogP contribution in [0.4, 0.5) is 0 Å². The Morgan fingerprint density at radius 2 is 2.10 bits per heavy atom. The second-order valence-corrected chi connectivity index (χ2v) is 5.02. The molecule has 0 fully saturated rings. The lowest BCUT2D eigenvalue weighted by Gasteiger charge is -2.18. The van der Waals surface area contributed by atoms with Crippen molar-refractivity contribution < 1.29 is 0 Å². The fourth-order valence-corrected chi connectivity index (χ4v) is 1.84. The maximum absolute atomic E-state index is 8.67.